The number of hydrogen-bond donors (Lipinski definition) is 1. The molecular weight excluding hydrogens is 682 g/mol. The summed E-state index contributed by atoms with van der Waals surface area (Å²) in [6.45, 7) is 4.76. The van der Waals surface area contributed by atoms with E-state index in [1.54, 1.807) is 32.4 Å². The highest BCUT2D eigenvalue weighted by Gasteiger charge is 2.17. The molecule has 4 aromatic rings. The standard InChI is InChI=1S/C32H31BrCl3FN2O4/c1-18-27(10-8-23(34)31(18)40-4)42-29-15-22(33)7-6-21(29)17-39(3)38-13-12-20-14-26(37)25(36)16-30(20)43-28-11-9-24(35)32(41-5)19(28)2/h6-11,14-16,38H,12-13,17H2,1-5H3. The van der Waals surface area contributed by atoms with Crippen molar-refractivity contribution >= 4 is 50.7 Å². The molecule has 43 heavy (non-hydrogen) atoms. The average molecular weight is 713 g/mol. The van der Waals surface area contributed by atoms with Crippen LogP contribution in [0.15, 0.2) is 59.1 Å². The lowest BCUT2D eigenvalue weighted by atomic mass is 10.1. The monoisotopic (exact) mass is 710 g/mol. The van der Waals surface area contributed by atoms with Crippen molar-refractivity contribution in [1.29, 1.82) is 0 Å². The fourth-order valence-corrected chi connectivity index (χ4v) is 5.60. The normalized spacial score (nSPS) is 11.1. The number of nitrogens with one attached hydrogen (secondary N) is 1. The topological polar surface area (TPSA) is 52.2 Å². The Balaban J connectivity index is 1.46. The molecule has 0 aliphatic rings. The van der Waals surface area contributed by atoms with E-state index in [9.17, 15) is 4.39 Å². The molecule has 0 saturated heterocycles. The number of hydrazine groups is 1. The summed E-state index contributed by atoms with van der Waals surface area (Å²) in [4.78, 5) is 0. The molecule has 0 unspecified atom stereocenters. The van der Waals surface area contributed by atoms with Crippen LogP contribution in [0.2, 0.25) is 15.1 Å². The number of rotatable bonds is 12. The SMILES string of the molecule is COc1c(Cl)ccc(Oc2cc(Cl)c(F)cc2CCNN(C)Cc2ccc(Br)cc2Oc2ccc(Cl)c(OC)c2C)c1C. The number of methoxy groups -OCH3 is 2. The third kappa shape index (κ3) is 8.06. The molecule has 11 heteroatoms. The Bertz CT molecular complexity index is 1620. The van der Waals surface area contributed by atoms with Crippen LogP contribution >= 0.6 is 50.7 Å². The minimum Gasteiger partial charge on any atom is -0.495 e. The van der Waals surface area contributed by atoms with E-state index in [1.807, 2.05) is 50.2 Å². The maximum absolute atomic E-state index is 14.5. The van der Waals surface area contributed by atoms with Crippen molar-refractivity contribution in [2.45, 2.75) is 26.8 Å². The molecule has 0 amide bonds. The van der Waals surface area contributed by atoms with Crippen LogP contribution in [0.25, 0.3) is 0 Å². The van der Waals surface area contributed by atoms with Gasteiger partial charge in [0, 0.05) is 47.4 Å². The zero-order valence-electron chi connectivity index (χ0n) is 24.3. The molecule has 0 heterocycles. The van der Waals surface area contributed by atoms with Crippen molar-refractivity contribution in [2.24, 2.45) is 0 Å². The molecule has 0 atom stereocenters. The fourth-order valence-electron chi connectivity index (χ4n) is 4.55. The van der Waals surface area contributed by atoms with Gasteiger partial charge in [-0.2, -0.15) is 0 Å². The van der Waals surface area contributed by atoms with Gasteiger partial charge in [-0.05, 0) is 68.3 Å². The summed E-state index contributed by atoms with van der Waals surface area (Å²) < 4.78 is 38.7. The van der Waals surface area contributed by atoms with Gasteiger partial charge in [0.15, 0.2) is 0 Å². The molecule has 0 spiro atoms. The van der Waals surface area contributed by atoms with Gasteiger partial charge in [0.25, 0.3) is 0 Å². The van der Waals surface area contributed by atoms with Crippen LogP contribution in [0.3, 0.4) is 0 Å². The number of ether oxygens (including phenoxy) is 4. The largest absolute Gasteiger partial charge is 0.495 e. The Morgan fingerprint density at radius 2 is 1.30 bits per heavy atom. The maximum atomic E-state index is 14.5. The predicted octanol–water partition coefficient (Wildman–Crippen LogP) is 9.95. The lowest BCUT2D eigenvalue weighted by Gasteiger charge is -2.21. The first-order valence-corrected chi connectivity index (χ1v) is 15.2. The molecule has 0 radical (unpaired) electrons. The smallest absolute Gasteiger partial charge is 0.144 e. The fraction of sp³-hybridized carbons (Fsp3) is 0.250. The van der Waals surface area contributed by atoms with Gasteiger partial charge < -0.3 is 18.9 Å². The van der Waals surface area contributed by atoms with E-state index in [0.29, 0.717) is 69.6 Å². The summed E-state index contributed by atoms with van der Waals surface area (Å²) in [5.74, 6) is 2.86. The number of hydrogen-bond acceptors (Lipinski definition) is 6. The molecule has 0 fully saturated rings. The van der Waals surface area contributed by atoms with Crippen LogP contribution in [0.4, 0.5) is 4.39 Å². The Morgan fingerprint density at radius 3 is 1.86 bits per heavy atom. The Labute approximate surface area is 274 Å². The molecule has 0 aliphatic heterocycles. The summed E-state index contributed by atoms with van der Waals surface area (Å²) in [7, 11) is 5.04. The number of nitrogens with zero attached hydrogens (tertiary/aromatic N) is 1. The first-order valence-electron chi connectivity index (χ1n) is 13.2. The first-order chi connectivity index (χ1) is 20.5. The Morgan fingerprint density at radius 1 is 0.744 bits per heavy atom. The summed E-state index contributed by atoms with van der Waals surface area (Å²) in [5, 5.41) is 2.90. The third-order valence-corrected chi connectivity index (χ3v) is 8.16. The van der Waals surface area contributed by atoms with Crippen molar-refractivity contribution in [3.05, 3.63) is 102 Å². The van der Waals surface area contributed by atoms with Crippen LogP contribution in [-0.2, 0) is 13.0 Å². The summed E-state index contributed by atoms with van der Waals surface area (Å²) >= 11 is 22.2. The van der Waals surface area contributed by atoms with Crippen LogP contribution in [0, 0.1) is 19.7 Å². The average Bonchev–Trinajstić information content (AvgIpc) is 2.96. The zero-order chi connectivity index (χ0) is 31.3. The van der Waals surface area contributed by atoms with Crippen LogP contribution in [0.5, 0.6) is 34.5 Å². The Kier molecular flexibility index (Phi) is 11.5. The lowest BCUT2D eigenvalue weighted by molar-refractivity contribution is 0.225. The van der Waals surface area contributed by atoms with Crippen molar-refractivity contribution in [3.8, 4) is 34.5 Å². The van der Waals surface area contributed by atoms with E-state index in [4.69, 9.17) is 53.8 Å². The van der Waals surface area contributed by atoms with Gasteiger partial charge in [0.2, 0.25) is 0 Å². The van der Waals surface area contributed by atoms with E-state index in [-0.39, 0.29) is 5.02 Å². The first kappa shape index (κ1) is 33.2. The minimum absolute atomic E-state index is 0.0290. The van der Waals surface area contributed by atoms with Crippen molar-refractivity contribution < 1.29 is 23.3 Å². The summed E-state index contributed by atoms with van der Waals surface area (Å²) in [6, 6.07) is 15.7. The second-order valence-corrected chi connectivity index (χ2v) is 11.9. The molecule has 0 saturated carbocycles. The number of halogens is 5. The van der Waals surface area contributed by atoms with Crippen LogP contribution < -0.4 is 24.4 Å². The molecule has 1 N–H and O–H groups in total. The molecule has 4 aromatic carbocycles. The molecule has 6 nitrogen and oxygen atoms in total. The molecule has 0 aromatic heterocycles. The minimum atomic E-state index is -0.520. The second-order valence-electron chi connectivity index (χ2n) is 9.75. The highest BCUT2D eigenvalue weighted by molar-refractivity contribution is 9.10. The van der Waals surface area contributed by atoms with E-state index in [2.05, 4.69) is 21.4 Å². The number of benzene rings is 4. The van der Waals surface area contributed by atoms with Crippen LogP contribution in [-0.4, -0.2) is 32.8 Å². The van der Waals surface area contributed by atoms with Gasteiger partial charge in [-0.15, -0.1) is 0 Å². The van der Waals surface area contributed by atoms with E-state index in [0.717, 1.165) is 21.2 Å². The molecule has 0 bridgehead atoms. The van der Waals surface area contributed by atoms with Gasteiger partial charge in [-0.25, -0.2) is 9.40 Å². The zero-order valence-corrected chi connectivity index (χ0v) is 28.1. The van der Waals surface area contributed by atoms with E-state index >= 15 is 0 Å². The quantitative estimate of drug-likeness (QED) is 0.148. The second kappa shape index (κ2) is 14.8. The van der Waals surface area contributed by atoms with Gasteiger partial charge in [0.05, 0.1) is 29.3 Å². The molecule has 4 rings (SSSR count). The molecular formula is C32H31BrCl3FN2O4. The molecule has 228 valence electrons. The van der Waals surface area contributed by atoms with Crippen molar-refractivity contribution in [1.82, 2.24) is 10.4 Å². The van der Waals surface area contributed by atoms with Gasteiger partial charge in [-0.1, -0.05) is 56.8 Å². The van der Waals surface area contributed by atoms with Gasteiger partial charge in [0.1, 0.15) is 40.3 Å². The van der Waals surface area contributed by atoms with E-state index < -0.39 is 5.82 Å². The van der Waals surface area contributed by atoms with Crippen molar-refractivity contribution in [2.75, 3.05) is 27.8 Å². The Hall–Kier alpha value is -2.72. The summed E-state index contributed by atoms with van der Waals surface area (Å²) in [5.41, 5.74) is 6.48. The lowest BCUT2D eigenvalue weighted by Crippen LogP contribution is -2.35. The summed E-state index contributed by atoms with van der Waals surface area (Å²) in [6.07, 6.45) is 0.463. The van der Waals surface area contributed by atoms with Crippen molar-refractivity contribution in [3.63, 3.8) is 0 Å². The van der Waals surface area contributed by atoms with Gasteiger partial charge in [-0.3, -0.25) is 5.43 Å². The third-order valence-electron chi connectivity index (χ3n) is 6.78. The van der Waals surface area contributed by atoms with Gasteiger partial charge >= 0.3 is 0 Å². The highest BCUT2D eigenvalue weighted by atomic mass is 79.9. The van der Waals surface area contributed by atoms with E-state index in [1.165, 1.54) is 12.1 Å². The predicted molar refractivity (Wildman–Crippen MR) is 174 cm³/mol. The maximum Gasteiger partial charge on any atom is 0.144 e. The van der Waals surface area contributed by atoms with Crippen LogP contribution in [0.1, 0.15) is 22.3 Å². The highest BCUT2D eigenvalue weighted by Crippen LogP contribution is 2.40. The molecule has 0 aliphatic carbocycles.